The fourth-order valence-electron chi connectivity index (χ4n) is 7.25. The van der Waals surface area contributed by atoms with E-state index >= 15 is 4.39 Å². The van der Waals surface area contributed by atoms with Crippen LogP contribution in [0.1, 0.15) is 11.1 Å². The summed E-state index contributed by atoms with van der Waals surface area (Å²) in [7, 11) is 0. The summed E-state index contributed by atoms with van der Waals surface area (Å²) in [6.07, 6.45) is 0. The Hall–Kier alpha value is -6.72. The van der Waals surface area contributed by atoms with E-state index < -0.39 is 0 Å². The lowest BCUT2D eigenvalue weighted by Gasteiger charge is -2.17. The van der Waals surface area contributed by atoms with Gasteiger partial charge in [-0.2, -0.15) is 0 Å². The van der Waals surface area contributed by atoms with E-state index in [-0.39, 0.29) is 5.82 Å². The van der Waals surface area contributed by atoms with Gasteiger partial charge in [-0.25, -0.2) is 19.3 Å². The maximum Gasteiger partial charge on any atom is 0.166 e. The molecular weight excluding hydrogens is 640 g/mol. The number of nitrogens with zero attached hydrogens (tertiary/aromatic N) is 4. The molecule has 0 fully saturated rings. The first kappa shape index (κ1) is 31.3. The van der Waals surface area contributed by atoms with Crippen LogP contribution in [0.5, 0.6) is 0 Å². The topological polar surface area (TPSA) is 43.6 Å². The third-order valence-corrected chi connectivity index (χ3v) is 9.59. The van der Waals surface area contributed by atoms with Gasteiger partial charge in [0.1, 0.15) is 5.82 Å². The van der Waals surface area contributed by atoms with Crippen LogP contribution < -0.4 is 0 Å². The molecule has 9 aromatic rings. The van der Waals surface area contributed by atoms with E-state index in [1.807, 2.05) is 84.9 Å². The third kappa shape index (κ3) is 5.62. The Balaban J connectivity index is 1.37. The Morgan fingerprint density at radius 2 is 0.981 bits per heavy atom. The van der Waals surface area contributed by atoms with Gasteiger partial charge in [-0.05, 0) is 60.9 Å². The van der Waals surface area contributed by atoms with Crippen molar-refractivity contribution in [1.29, 1.82) is 0 Å². The van der Waals surface area contributed by atoms with E-state index in [0.29, 0.717) is 23.0 Å². The van der Waals surface area contributed by atoms with Crippen LogP contribution in [0.4, 0.5) is 4.39 Å². The van der Waals surface area contributed by atoms with Gasteiger partial charge in [-0.15, -0.1) is 0 Å². The summed E-state index contributed by atoms with van der Waals surface area (Å²) in [5.74, 6) is 1.40. The van der Waals surface area contributed by atoms with Crippen molar-refractivity contribution in [2.24, 2.45) is 0 Å². The van der Waals surface area contributed by atoms with Gasteiger partial charge in [-0.3, -0.25) is 0 Å². The Labute approximate surface area is 301 Å². The maximum absolute atomic E-state index is 15.4. The SMILES string of the molecule is Cc1cc(C)cc(-c2ccc3c4ccccc4n(-c4cc(-c5ccccc5F)ccc4-c4nc(-c5ccccc5)nc(-c5ccccc5)n4)c3c2)c1. The Bertz CT molecular complexity index is 2690. The molecule has 0 aliphatic rings. The second kappa shape index (κ2) is 12.9. The number of halogens is 1. The van der Waals surface area contributed by atoms with Gasteiger partial charge in [-0.1, -0.05) is 145 Å². The molecule has 0 atom stereocenters. The first-order valence-corrected chi connectivity index (χ1v) is 17.4. The zero-order chi connectivity index (χ0) is 35.2. The minimum Gasteiger partial charge on any atom is -0.308 e. The van der Waals surface area contributed by atoms with Gasteiger partial charge >= 0.3 is 0 Å². The molecule has 4 nitrogen and oxygen atoms in total. The summed E-state index contributed by atoms with van der Waals surface area (Å²) in [6, 6.07) is 54.7. The lowest BCUT2D eigenvalue weighted by Crippen LogP contribution is -2.04. The van der Waals surface area contributed by atoms with Crippen LogP contribution >= 0.6 is 0 Å². The average Bonchev–Trinajstić information content (AvgIpc) is 3.51. The van der Waals surface area contributed by atoms with E-state index in [2.05, 4.69) is 85.1 Å². The van der Waals surface area contributed by atoms with Crippen LogP contribution in [0.25, 0.3) is 83.9 Å². The highest BCUT2D eigenvalue weighted by Gasteiger charge is 2.21. The second-order valence-electron chi connectivity index (χ2n) is 13.2. The Morgan fingerprint density at radius 3 is 1.67 bits per heavy atom. The second-order valence-corrected chi connectivity index (χ2v) is 13.2. The minimum atomic E-state index is -0.279. The third-order valence-electron chi connectivity index (χ3n) is 9.59. The van der Waals surface area contributed by atoms with E-state index in [9.17, 15) is 0 Å². The highest BCUT2D eigenvalue weighted by molar-refractivity contribution is 6.10. The van der Waals surface area contributed by atoms with Crippen molar-refractivity contribution < 1.29 is 4.39 Å². The van der Waals surface area contributed by atoms with Crippen molar-refractivity contribution in [3.8, 4) is 62.1 Å². The predicted molar refractivity (Wildman–Crippen MR) is 211 cm³/mol. The van der Waals surface area contributed by atoms with Crippen LogP contribution in [0.15, 0.2) is 164 Å². The molecule has 0 bridgehead atoms. The molecule has 0 aliphatic heterocycles. The van der Waals surface area contributed by atoms with E-state index in [4.69, 9.17) is 15.0 Å². The van der Waals surface area contributed by atoms with Crippen molar-refractivity contribution in [3.05, 3.63) is 181 Å². The number of benzene rings is 7. The van der Waals surface area contributed by atoms with E-state index in [1.54, 1.807) is 6.07 Å². The zero-order valence-electron chi connectivity index (χ0n) is 28.8. The molecule has 9 rings (SSSR count). The van der Waals surface area contributed by atoms with Gasteiger partial charge in [0.05, 0.1) is 16.7 Å². The molecule has 0 N–H and O–H groups in total. The highest BCUT2D eigenvalue weighted by Crippen LogP contribution is 2.40. The fourth-order valence-corrected chi connectivity index (χ4v) is 7.25. The van der Waals surface area contributed by atoms with Crippen molar-refractivity contribution in [2.75, 3.05) is 0 Å². The molecule has 0 saturated heterocycles. The van der Waals surface area contributed by atoms with Crippen molar-refractivity contribution in [2.45, 2.75) is 13.8 Å². The van der Waals surface area contributed by atoms with E-state index in [1.165, 1.54) is 17.2 Å². The molecule has 2 heterocycles. The molecule has 0 aliphatic carbocycles. The molecule has 5 heteroatoms. The smallest absolute Gasteiger partial charge is 0.166 e. The summed E-state index contributed by atoms with van der Waals surface area (Å²) in [6.45, 7) is 4.27. The number of aromatic nitrogens is 4. The molecule has 248 valence electrons. The maximum atomic E-state index is 15.4. The monoisotopic (exact) mass is 672 g/mol. The normalized spacial score (nSPS) is 11.4. The van der Waals surface area contributed by atoms with Crippen LogP contribution in [-0.4, -0.2) is 19.5 Å². The molecule has 7 aromatic carbocycles. The van der Waals surface area contributed by atoms with Crippen LogP contribution in [-0.2, 0) is 0 Å². The number of para-hydroxylation sites is 1. The van der Waals surface area contributed by atoms with Crippen LogP contribution in [0.2, 0.25) is 0 Å². The summed E-state index contributed by atoms with van der Waals surface area (Å²) >= 11 is 0. The van der Waals surface area contributed by atoms with Crippen LogP contribution in [0, 0.1) is 19.7 Å². The first-order chi connectivity index (χ1) is 25.5. The van der Waals surface area contributed by atoms with Crippen molar-refractivity contribution in [3.63, 3.8) is 0 Å². The number of rotatable bonds is 6. The first-order valence-electron chi connectivity index (χ1n) is 17.4. The standard InChI is InChI=1S/C47H33FN4/c1-30-25-31(2)27-36(26-30)34-21-23-39-38-18-10-12-20-42(38)52(43(39)28-34)44-29-35(37-17-9-11-19-41(37)48)22-24-40(44)47-50-45(32-13-5-3-6-14-32)49-46(51-47)33-15-7-4-8-16-33/h3-29H,1-2H3. The van der Waals surface area contributed by atoms with Gasteiger partial charge in [0, 0.05) is 33.0 Å². The van der Waals surface area contributed by atoms with Crippen molar-refractivity contribution in [1.82, 2.24) is 19.5 Å². The summed E-state index contributed by atoms with van der Waals surface area (Å²) in [5.41, 5.74) is 11.5. The van der Waals surface area contributed by atoms with E-state index in [0.717, 1.165) is 60.9 Å². The lowest BCUT2D eigenvalue weighted by molar-refractivity contribution is 0.631. The van der Waals surface area contributed by atoms with Gasteiger partial charge in [0.15, 0.2) is 17.5 Å². The lowest BCUT2D eigenvalue weighted by atomic mass is 9.99. The highest BCUT2D eigenvalue weighted by atomic mass is 19.1. The summed E-state index contributed by atoms with van der Waals surface area (Å²) in [5, 5.41) is 2.24. The molecule has 52 heavy (non-hydrogen) atoms. The quantitative estimate of drug-likeness (QED) is 0.177. The predicted octanol–water partition coefficient (Wildman–Crippen LogP) is 12.1. The largest absolute Gasteiger partial charge is 0.308 e. The average molecular weight is 673 g/mol. The fraction of sp³-hybridized carbons (Fsp3) is 0.0426. The number of fused-ring (bicyclic) bond motifs is 3. The van der Waals surface area contributed by atoms with Gasteiger partial charge in [0.2, 0.25) is 0 Å². The van der Waals surface area contributed by atoms with Crippen LogP contribution in [0.3, 0.4) is 0 Å². The van der Waals surface area contributed by atoms with Gasteiger partial charge < -0.3 is 4.57 Å². The Morgan fingerprint density at radius 1 is 0.404 bits per heavy atom. The van der Waals surface area contributed by atoms with Gasteiger partial charge in [0.25, 0.3) is 0 Å². The minimum absolute atomic E-state index is 0.279. The molecule has 0 saturated carbocycles. The molecule has 0 radical (unpaired) electrons. The zero-order valence-corrected chi connectivity index (χ0v) is 28.8. The molecule has 0 unspecified atom stereocenters. The Kier molecular flexibility index (Phi) is 7.74. The summed E-state index contributed by atoms with van der Waals surface area (Å²) < 4.78 is 17.7. The summed E-state index contributed by atoms with van der Waals surface area (Å²) in [4.78, 5) is 15.2. The number of hydrogen-bond donors (Lipinski definition) is 0. The molecule has 0 amide bonds. The number of hydrogen-bond acceptors (Lipinski definition) is 3. The molecular formula is C47H33FN4. The number of aryl methyl sites for hydroxylation is 2. The molecule has 0 spiro atoms. The van der Waals surface area contributed by atoms with Crippen molar-refractivity contribution >= 4 is 21.8 Å². The molecule has 2 aromatic heterocycles.